The Bertz CT molecular complexity index is 1370. The summed E-state index contributed by atoms with van der Waals surface area (Å²) in [5, 5.41) is 9.98. The highest BCUT2D eigenvalue weighted by atomic mass is 16.5. The largest absolute Gasteiger partial charge is 0.489 e. The summed E-state index contributed by atoms with van der Waals surface area (Å²) >= 11 is 0. The van der Waals surface area contributed by atoms with E-state index in [2.05, 4.69) is 57.3 Å². The number of para-hydroxylation sites is 1. The Balaban J connectivity index is 1.44. The van der Waals surface area contributed by atoms with Crippen molar-refractivity contribution in [1.82, 2.24) is 24.5 Å². The molecule has 0 amide bonds. The molecule has 0 radical (unpaired) electrons. The van der Waals surface area contributed by atoms with Crippen LogP contribution in [-0.2, 0) is 0 Å². The van der Waals surface area contributed by atoms with E-state index < -0.39 is 0 Å². The smallest absolute Gasteiger partial charge is 0.169 e. The summed E-state index contributed by atoms with van der Waals surface area (Å²) in [6, 6.07) is 22.4. The normalized spacial score (nSPS) is 12.5. The van der Waals surface area contributed by atoms with E-state index in [1.165, 1.54) is 0 Å². The summed E-state index contributed by atoms with van der Waals surface area (Å²) in [6.07, 6.45) is 3.97. The van der Waals surface area contributed by atoms with Crippen LogP contribution in [0.2, 0.25) is 0 Å². The predicted octanol–water partition coefficient (Wildman–Crippen LogP) is 4.94. The van der Waals surface area contributed by atoms with Crippen molar-refractivity contribution < 1.29 is 4.74 Å². The number of likely N-dealkylation sites (N-methyl/N-ethyl adjacent to an activating group) is 1. The highest BCUT2D eigenvalue weighted by Gasteiger charge is 2.13. The van der Waals surface area contributed by atoms with E-state index in [1.807, 2.05) is 67.3 Å². The fourth-order valence-electron chi connectivity index (χ4n) is 4.05. The van der Waals surface area contributed by atoms with Crippen LogP contribution in [-0.4, -0.2) is 51.2 Å². The molecule has 0 saturated heterocycles. The summed E-state index contributed by atoms with van der Waals surface area (Å²) in [5.41, 5.74) is 4.96. The van der Waals surface area contributed by atoms with Crippen molar-refractivity contribution in [1.29, 1.82) is 0 Å². The maximum absolute atomic E-state index is 6.00. The van der Waals surface area contributed by atoms with Gasteiger partial charge in [0, 0.05) is 29.9 Å². The lowest BCUT2D eigenvalue weighted by Gasteiger charge is -2.18. The number of nitrogens with zero attached hydrogens (tertiary/aromatic N) is 5. The molecule has 1 atom stereocenters. The van der Waals surface area contributed by atoms with Crippen LogP contribution in [0.5, 0.6) is 5.75 Å². The number of fused-ring (bicyclic) bond motifs is 2. The second kappa shape index (κ2) is 8.40. The van der Waals surface area contributed by atoms with Crippen molar-refractivity contribution in [3.63, 3.8) is 0 Å². The van der Waals surface area contributed by atoms with Crippen LogP contribution in [0.3, 0.4) is 0 Å². The van der Waals surface area contributed by atoms with Crippen molar-refractivity contribution in [2.75, 3.05) is 20.6 Å². The van der Waals surface area contributed by atoms with Gasteiger partial charge in [-0.05, 0) is 68.5 Å². The monoisotopic (exact) mass is 423 g/mol. The molecule has 32 heavy (non-hydrogen) atoms. The molecule has 0 fully saturated rings. The molecule has 1 unspecified atom stereocenters. The lowest BCUT2D eigenvalue weighted by Crippen LogP contribution is -2.27. The van der Waals surface area contributed by atoms with E-state index in [0.29, 0.717) is 0 Å². The highest BCUT2D eigenvalue weighted by molar-refractivity contribution is 5.92. The third-order valence-electron chi connectivity index (χ3n) is 5.45. The fraction of sp³-hybridized carbons (Fsp3) is 0.192. The zero-order chi connectivity index (χ0) is 22.1. The molecular weight excluding hydrogens is 398 g/mol. The molecule has 0 saturated carbocycles. The molecule has 3 aromatic heterocycles. The van der Waals surface area contributed by atoms with E-state index in [-0.39, 0.29) is 6.10 Å². The first-order chi connectivity index (χ1) is 15.6. The molecule has 0 N–H and O–H groups in total. The number of pyridine rings is 2. The Morgan fingerprint density at radius 2 is 1.75 bits per heavy atom. The van der Waals surface area contributed by atoms with E-state index >= 15 is 0 Å². The van der Waals surface area contributed by atoms with Crippen LogP contribution in [0.4, 0.5) is 0 Å². The van der Waals surface area contributed by atoms with Crippen molar-refractivity contribution >= 4 is 16.6 Å². The predicted molar refractivity (Wildman–Crippen MR) is 128 cm³/mol. The van der Waals surface area contributed by atoms with Crippen LogP contribution in [0.1, 0.15) is 6.92 Å². The summed E-state index contributed by atoms with van der Waals surface area (Å²) in [4.78, 5) is 6.58. The first kappa shape index (κ1) is 20.2. The van der Waals surface area contributed by atoms with Crippen molar-refractivity contribution in [3.05, 3.63) is 79.1 Å². The van der Waals surface area contributed by atoms with Gasteiger partial charge in [0.1, 0.15) is 11.9 Å². The van der Waals surface area contributed by atoms with Gasteiger partial charge in [-0.2, -0.15) is 0 Å². The Hall–Kier alpha value is -3.77. The van der Waals surface area contributed by atoms with Gasteiger partial charge in [-0.1, -0.05) is 30.3 Å². The van der Waals surface area contributed by atoms with Gasteiger partial charge >= 0.3 is 0 Å². The van der Waals surface area contributed by atoms with E-state index in [9.17, 15) is 0 Å². The molecule has 5 rings (SSSR count). The molecule has 5 aromatic rings. The Labute approximate surface area is 187 Å². The maximum atomic E-state index is 6.00. The van der Waals surface area contributed by atoms with Gasteiger partial charge in [0.15, 0.2) is 11.5 Å². The lowest BCUT2D eigenvalue weighted by atomic mass is 10.1. The first-order valence-corrected chi connectivity index (χ1v) is 10.7. The zero-order valence-corrected chi connectivity index (χ0v) is 18.4. The molecular formula is C26H25N5O. The third kappa shape index (κ3) is 3.92. The minimum absolute atomic E-state index is 0.130. The topological polar surface area (TPSA) is 55.6 Å². The van der Waals surface area contributed by atoms with Crippen LogP contribution < -0.4 is 4.74 Å². The molecule has 160 valence electrons. The van der Waals surface area contributed by atoms with Gasteiger partial charge in [-0.25, -0.2) is 0 Å². The number of hydrogen-bond donors (Lipinski definition) is 0. The standard InChI is InChI=1S/C26H25N5O/c1-18(17-30(2)3)32-21-10-8-19(9-11-21)20-13-15-31-25(16-20)28-29-26(31)23-12-14-27-24-7-5-4-6-22(23)24/h4-16,18H,17H2,1-3H3. The lowest BCUT2D eigenvalue weighted by molar-refractivity contribution is 0.177. The number of ether oxygens (including phenoxy) is 1. The Kier molecular flexibility index (Phi) is 5.29. The Morgan fingerprint density at radius 1 is 0.938 bits per heavy atom. The van der Waals surface area contributed by atoms with Crippen LogP contribution in [0.15, 0.2) is 79.1 Å². The molecule has 0 aliphatic heterocycles. The van der Waals surface area contributed by atoms with Crippen LogP contribution >= 0.6 is 0 Å². The molecule has 3 heterocycles. The van der Waals surface area contributed by atoms with Gasteiger partial charge < -0.3 is 9.64 Å². The summed E-state index contributed by atoms with van der Waals surface area (Å²) in [5.74, 6) is 1.68. The van der Waals surface area contributed by atoms with Gasteiger partial charge in [-0.3, -0.25) is 9.38 Å². The quantitative estimate of drug-likeness (QED) is 0.387. The summed E-state index contributed by atoms with van der Waals surface area (Å²) in [6.45, 7) is 2.96. The van der Waals surface area contributed by atoms with Crippen molar-refractivity contribution in [2.24, 2.45) is 0 Å². The first-order valence-electron chi connectivity index (χ1n) is 10.7. The second-order valence-electron chi connectivity index (χ2n) is 8.26. The van der Waals surface area contributed by atoms with E-state index in [0.717, 1.165) is 51.4 Å². The fourth-order valence-corrected chi connectivity index (χ4v) is 4.05. The van der Waals surface area contributed by atoms with Gasteiger partial charge in [-0.15, -0.1) is 10.2 Å². The highest BCUT2D eigenvalue weighted by Crippen LogP contribution is 2.28. The molecule has 0 spiro atoms. The summed E-state index contributed by atoms with van der Waals surface area (Å²) in [7, 11) is 4.10. The maximum Gasteiger partial charge on any atom is 0.169 e. The minimum atomic E-state index is 0.130. The zero-order valence-electron chi connectivity index (χ0n) is 18.4. The third-order valence-corrected chi connectivity index (χ3v) is 5.45. The second-order valence-corrected chi connectivity index (χ2v) is 8.26. The van der Waals surface area contributed by atoms with Gasteiger partial charge in [0.05, 0.1) is 5.52 Å². The summed E-state index contributed by atoms with van der Waals surface area (Å²) < 4.78 is 8.02. The molecule has 0 aliphatic carbocycles. The van der Waals surface area contributed by atoms with E-state index in [1.54, 1.807) is 0 Å². The minimum Gasteiger partial charge on any atom is -0.489 e. The molecule has 0 aliphatic rings. The average Bonchev–Trinajstić information content (AvgIpc) is 3.22. The van der Waals surface area contributed by atoms with E-state index in [4.69, 9.17) is 4.74 Å². The Morgan fingerprint density at radius 3 is 2.56 bits per heavy atom. The SMILES string of the molecule is CC(CN(C)C)Oc1ccc(-c2ccn3c(-c4ccnc5ccccc45)nnc3c2)cc1. The van der Waals surface area contributed by atoms with Gasteiger partial charge in [0.2, 0.25) is 0 Å². The van der Waals surface area contributed by atoms with Crippen molar-refractivity contribution in [3.8, 4) is 28.3 Å². The molecule has 0 bridgehead atoms. The van der Waals surface area contributed by atoms with Crippen LogP contribution in [0, 0.1) is 0 Å². The number of benzene rings is 2. The number of hydrogen-bond acceptors (Lipinski definition) is 5. The molecule has 6 nitrogen and oxygen atoms in total. The van der Waals surface area contributed by atoms with Gasteiger partial charge in [0.25, 0.3) is 0 Å². The van der Waals surface area contributed by atoms with Crippen molar-refractivity contribution in [2.45, 2.75) is 13.0 Å². The average molecular weight is 424 g/mol. The van der Waals surface area contributed by atoms with Crippen LogP contribution in [0.25, 0.3) is 39.1 Å². The molecule has 6 heteroatoms. The number of aromatic nitrogens is 4. The number of rotatable bonds is 6. The molecule has 2 aromatic carbocycles.